The van der Waals surface area contributed by atoms with Gasteiger partial charge in [0.15, 0.2) is 0 Å². The molecule has 3 unspecified atom stereocenters. The van der Waals surface area contributed by atoms with Crippen molar-refractivity contribution in [1.82, 2.24) is 15.3 Å². The lowest BCUT2D eigenvalue weighted by Gasteiger charge is -2.27. The van der Waals surface area contributed by atoms with E-state index in [4.69, 9.17) is 9.47 Å². The Labute approximate surface area is 136 Å². The Morgan fingerprint density at radius 2 is 1.87 bits per heavy atom. The van der Waals surface area contributed by atoms with Crippen LogP contribution in [0.2, 0.25) is 0 Å². The normalized spacial score (nSPS) is 25.5. The molecule has 3 atom stereocenters. The van der Waals surface area contributed by atoms with Crippen molar-refractivity contribution in [2.75, 3.05) is 19.8 Å². The molecule has 120 valence electrons. The Hall–Kier alpha value is -2.14. The molecule has 2 aromatic rings. The van der Waals surface area contributed by atoms with Gasteiger partial charge in [-0.15, -0.1) is 0 Å². The summed E-state index contributed by atoms with van der Waals surface area (Å²) in [6.07, 6.45) is 9.60. The van der Waals surface area contributed by atoms with Gasteiger partial charge in [-0.3, -0.25) is 9.97 Å². The molecule has 1 saturated carbocycles. The second-order valence-electron chi connectivity index (χ2n) is 6.30. The molecule has 2 aromatic heterocycles. The van der Waals surface area contributed by atoms with Crippen molar-refractivity contribution in [2.45, 2.75) is 24.8 Å². The van der Waals surface area contributed by atoms with Crippen LogP contribution in [0, 0.1) is 5.92 Å². The minimum atomic E-state index is 0.501. The van der Waals surface area contributed by atoms with Crippen molar-refractivity contribution in [3.63, 3.8) is 0 Å². The van der Waals surface area contributed by atoms with Gasteiger partial charge in [0.2, 0.25) is 0 Å². The summed E-state index contributed by atoms with van der Waals surface area (Å²) in [4.78, 5) is 8.32. The molecule has 1 N–H and O–H groups in total. The van der Waals surface area contributed by atoms with Crippen molar-refractivity contribution in [1.29, 1.82) is 0 Å². The van der Waals surface area contributed by atoms with E-state index in [1.165, 1.54) is 12.0 Å². The first-order valence-electron chi connectivity index (χ1n) is 8.22. The highest BCUT2D eigenvalue weighted by atomic mass is 16.5. The minimum Gasteiger partial charge on any atom is -0.493 e. The maximum atomic E-state index is 5.83. The summed E-state index contributed by atoms with van der Waals surface area (Å²) >= 11 is 0. The first kappa shape index (κ1) is 14.5. The number of nitrogens with one attached hydrogen (secondary N) is 1. The summed E-state index contributed by atoms with van der Waals surface area (Å²) in [6.45, 7) is 2.57. The molecule has 23 heavy (non-hydrogen) atoms. The van der Waals surface area contributed by atoms with Crippen LogP contribution in [0.15, 0.2) is 43.0 Å². The summed E-state index contributed by atoms with van der Waals surface area (Å²) in [5, 5.41) is 3.34. The average molecular weight is 311 g/mol. The van der Waals surface area contributed by atoms with Crippen molar-refractivity contribution in [3.8, 4) is 11.5 Å². The third kappa shape index (κ3) is 3.62. The standard InChI is InChI=1S/C18H21N3O2/c1-6-21-15(1)12-23-17-7-13(9-20-10-17)18-8-14(18)11-22-16-2-4-19-5-3-16/h2-5,7,9-10,14-15,18,21H,1,6,8,11-12H2. The highest BCUT2D eigenvalue weighted by molar-refractivity contribution is 5.30. The van der Waals surface area contributed by atoms with Gasteiger partial charge >= 0.3 is 0 Å². The van der Waals surface area contributed by atoms with E-state index in [9.17, 15) is 0 Å². The molecule has 1 aliphatic carbocycles. The fourth-order valence-corrected chi connectivity index (χ4v) is 2.88. The number of hydrogen-bond acceptors (Lipinski definition) is 5. The lowest BCUT2D eigenvalue weighted by molar-refractivity contribution is 0.216. The first-order chi connectivity index (χ1) is 11.4. The van der Waals surface area contributed by atoms with Crippen LogP contribution in [-0.2, 0) is 0 Å². The van der Waals surface area contributed by atoms with E-state index in [-0.39, 0.29) is 0 Å². The number of aromatic nitrogens is 2. The molecule has 0 spiro atoms. The third-order valence-corrected chi connectivity index (χ3v) is 4.58. The molecule has 0 bridgehead atoms. The van der Waals surface area contributed by atoms with Gasteiger partial charge in [0.05, 0.1) is 12.8 Å². The van der Waals surface area contributed by atoms with Crippen molar-refractivity contribution in [3.05, 3.63) is 48.5 Å². The predicted octanol–water partition coefficient (Wildman–Crippen LogP) is 2.40. The lowest BCUT2D eigenvalue weighted by atomic mass is 10.1. The number of pyridine rings is 2. The Morgan fingerprint density at radius 3 is 2.65 bits per heavy atom. The molecule has 3 heterocycles. The topological polar surface area (TPSA) is 56.3 Å². The van der Waals surface area contributed by atoms with Gasteiger partial charge in [-0.2, -0.15) is 0 Å². The molecule has 2 fully saturated rings. The van der Waals surface area contributed by atoms with Crippen LogP contribution in [-0.4, -0.2) is 35.8 Å². The van der Waals surface area contributed by atoms with E-state index in [0.717, 1.165) is 37.7 Å². The SMILES string of the molecule is c1cc(OCC2CC2c2cncc(OCC3CCN3)c2)ccn1. The van der Waals surface area contributed by atoms with Gasteiger partial charge in [0.25, 0.3) is 0 Å². The molecule has 5 nitrogen and oxygen atoms in total. The van der Waals surface area contributed by atoms with E-state index in [2.05, 4.69) is 21.4 Å². The molecule has 4 rings (SSSR count). The van der Waals surface area contributed by atoms with Crippen molar-refractivity contribution in [2.24, 2.45) is 5.92 Å². The Balaban J connectivity index is 1.29. The Morgan fingerprint density at radius 1 is 1.04 bits per heavy atom. The second kappa shape index (κ2) is 6.54. The zero-order chi connectivity index (χ0) is 15.5. The molecular formula is C18H21N3O2. The van der Waals surface area contributed by atoms with Crippen LogP contribution in [0.5, 0.6) is 11.5 Å². The smallest absolute Gasteiger partial charge is 0.137 e. The summed E-state index contributed by atoms with van der Waals surface area (Å²) in [5.74, 6) is 2.86. The summed E-state index contributed by atoms with van der Waals surface area (Å²) in [6, 6.07) is 6.41. The molecule has 0 radical (unpaired) electrons. The maximum Gasteiger partial charge on any atom is 0.137 e. The quantitative estimate of drug-likeness (QED) is 0.851. The van der Waals surface area contributed by atoms with Gasteiger partial charge < -0.3 is 14.8 Å². The molecule has 1 aliphatic heterocycles. The number of rotatable bonds is 7. The average Bonchev–Trinajstić information content (AvgIpc) is 3.33. The molecule has 0 amide bonds. The van der Waals surface area contributed by atoms with Gasteiger partial charge in [0, 0.05) is 30.6 Å². The van der Waals surface area contributed by atoms with E-state index < -0.39 is 0 Å². The molecular weight excluding hydrogens is 290 g/mol. The molecule has 2 aliphatic rings. The summed E-state index contributed by atoms with van der Waals surface area (Å²) in [7, 11) is 0. The summed E-state index contributed by atoms with van der Waals surface area (Å²) in [5.41, 5.74) is 1.26. The maximum absolute atomic E-state index is 5.83. The van der Waals surface area contributed by atoms with E-state index >= 15 is 0 Å². The van der Waals surface area contributed by atoms with Crippen molar-refractivity contribution < 1.29 is 9.47 Å². The van der Waals surface area contributed by atoms with Crippen LogP contribution in [0.1, 0.15) is 24.3 Å². The van der Waals surface area contributed by atoms with Gasteiger partial charge in [-0.05, 0) is 49.1 Å². The number of ether oxygens (including phenoxy) is 2. The van der Waals surface area contributed by atoms with E-state index in [0.29, 0.717) is 17.9 Å². The first-order valence-corrected chi connectivity index (χ1v) is 8.22. The number of nitrogens with zero attached hydrogens (tertiary/aromatic N) is 2. The van der Waals surface area contributed by atoms with Crippen LogP contribution < -0.4 is 14.8 Å². The molecule has 1 saturated heterocycles. The zero-order valence-corrected chi connectivity index (χ0v) is 13.0. The van der Waals surface area contributed by atoms with E-state index in [1.54, 1.807) is 18.6 Å². The highest BCUT2D eigenvalue weighted by Crippen LogP contribution is 2.47. The third-order valence-electron chi connectivity index (χ3n) is 4.58. The molecule has 5 heteroatoms. The van der Waals surface area contributed by atoms with Crippen LogP contribution in [0.4, 0.5) is 0 Å². The Kier molecular flexibility index (Phi) is 4.11. The zero-order valence-electron chi connectivity index (χ0n) is 13.0. The molecule has 0 aromatic carbocycles. The predicted molar refractivity (Wildman–Crippen MR) is 86.7 cm³/mol. The second-order valence-corrected chi connectivity index (χ2v) is 6.30. The van der Waals surface area contributed by atoms with E-state index in [1.807, 2.05) is 18.3 Å². The Bertz CT molecular complexity index is 646. The minimum absolute atomic E-state index is 0.501. The fraction of sp³-hybridized carbons (Fsp3) is 0.444. The van der Waals surface area contributed by atoms with Crippen molar-refractivity contribution >= 4 is 0 Å². The van der Waals surface area contributed by atoms with Crippen LogP contribution >= 0.6 is 0 Å². The van der Waals surface area contributed by atoms with Gasteiger partial charge in [-0.25, -0.2) is 0 Å². The van der Waals surface area contributed by atoms with Gasteiger partial charge in [-0.1, -0.05) is 0 Å². The van der Waals surface area contributed by atoms with Crippen LogP contribution in [0.25, 0.3) is 0 Å². The fourth-order valence-electron chi connectivity index (χ4n) is 2.88. The number of hydrogen-bond donors (Lipinski definition) is 1. The van der Waals surface area contributed by atoms with Gasteiger partial charge in [0.1, 0.15) is 18.1 Å². The highest BCUT2D eigenvalue weighted by Gasteiger charge is 2.39. The largest absolute Gasteiger partial charge is 0.493 e. The lowest BCUT2D eigenvalue weighted by Crippen LogP contribution is -2.46. The van der Waals surface area contributed by atoms with Crippen LogP contribution in [0.3, 0.4) is 0 Å². The summed E-state index contributed by atoms with van der Waals surface area (Å²) < 4.78 is 11.6. The monoisotopic (exact) mass is 311 g/mol.